The van der Waals surface area contributed by atoms with Crippen LogP contribution in [0.4, 0.5) is 59.8 Å². The van der Waals surface area contributed by atoms with E-state index in [0.717, 1.165) is 40.8 Å². The van der Waals surface area contributed by atoms with Crippen LogP contribution in [0.25, 0.3) is 44.0 Å². The first kappa shape index (κ1) is 117. The van der Waals surface area contributed by atoms with Gasteiger partial charge in [-0.05, 0) is 119 Å². The van der Waals surface area contributed by atoms with Gasteiger partial charge < -0.3 is 49.8 Å². The monoisotopic (exact) mass is 2260 g/mol. The second kappa shape index (κ2) is 55.0. The Morgan fingerprint density at radius 3 is 1.61 bits per heavy atom. The SMILES string of the molecule is C.C=[O+]C(=O)NC(=NC(=O)OC)SC.CC(=O)c1nn(CC(=O)N2C[C@H](F)C[C@H]2C(=O)Cc2cccc(B3OC(C)(C)C(C)(C)O3)c2F)c2ccccc12.COC(=O)NC1=Nc2ccc(Br)c(Cl)c2C1.COC(=O)Nc1nc2c(Cl)c(-c3cccc(CC(=O)[C@@H]4C[C@@H](F)CN4C(=O)Cn4nc(C(C)=O)c5ccccc54)c3F)ccc2[nH]1.Nc1ccc(Br)c(Cl)c1N.S.S=S.S=S=S.S=S=S=S. The van der Waals surface area contributed by atoms with E-state index >= 15 is 8.78 Å². The van der Waals surface area contributed by atoms with Gasteiger partial charge in [-0.1, -0.05) is 133 Å². The molecule has 0 spiro atoms. The maximum atomic E-state index is 15.9. The molecule has 14 rings (SSSR count). The molecule has 52 heteroatoms. The Morgan fingerprint density at radius 2 is 1.14 bits per heavy atom. The van der Waals surface area contributed by atoms with E-state index in [9.17, 15) is 56.7 Å². The lowest BCUT2D eigenvalue weighted by Gasteiger charge is -2.32. The molecule has 0 saturated carbocycles. The molecule has 4 aliphatic rings. The summed E-state index contributed by atoms with van der Waals surface area (Å²) in [5, 5.41) is 18.2. The second-order valence-electron chi connectivity index (χ2n) is 29.4. The van der Waals surface area contributed by atoms with Crippen molar-refractivity contribution in [3.8, 4) is 11.1 Å². The van der Waals surface area contributed by atoms with Gasteiger partial charge in [-0.3, -0.25) is 53.2 Å². The molecule has 4 aliphatic heterocycles. The number of amides is 6. The maximum absolute atomic E-state index is 15.9. The molecule has 0 bridgehead atoms. The number of nitrogens with zero attached hydrogens (tertiary/aromatic N) is 9. The summed E-state index contributed by atoms with van der Waals surface area (Å²) < 4.78 is 94.5. The van der Waals surface area contributed by atoms with Crippen LogP contribution in [0.15, 0.2) is 140 Å². The first-order valence-electron chi connectivity index (χ1n) is 38.8. The number of hydrogen-bond donors (Lipinski definition) is 6. The van der Waals surface area contributed by atoms with Crippen LogP contribution in [-0.2, 0) is 173 Å². The number of Topliss-reactive ketones (excluding diaryl/α,β-unsaturated/α-hetero) is 4. The van der Waals surface area contributed by atoms with Crippen molar-refractivity contribution in [2.24, 2.45) is 9.98 Å². The molecule has 8 N–H and O–H groups in total. The number of carbonyl (C=O) groups excluding carboxylic acids is 11. The molecule has 0 radical (unpaired) electrons. The molecule has 10 aromatic rings. The van der Waals surface area contributed by atoms with E-state index in [-0.39, 0.29) is 133 Å². The van der Waals surface area contributed by atoms with Crippen LogP contribution in [0.2, 0.25) is 15.1 Å². The largest absolute Gasteiger partial charge is 0.696 e. The number of carbonyl (C=O) groups is 10. The topological polar surface area (TPSA) is 412 Å². The van der Waals surface area contributed by atoms with Crippen molar-refractivity contribution in [1.82, 2.24) is 50.0 Å². The number of H-pyrrole nitrogens is 1. The van der Waals surface area contributed by atoms with Crippen LogP contribution in [0.3, 0.4) is 0 Å². The van der Waals surface area contributed by atoms with Gasteiger partial charge in [0.05, 0.1) is 111 Å². The molecule has 726 valence electrons. The van der Waals surface area contributed by atoms with Crippen LogP contribution in [0.1, 0.15) is 99.5 Å². The number of alkyl halides is 2. The highest BCUT2D eigenvalue weighted by Crippen LogP contribution is 2.41. The standard InChI is InChI=1S/C32H27ClF2N6O5.C29H32BF2N3O5.C10H8BrClN2O2.C6H6BrClN2.C6H8N2O4S.CH4.S4.S3.S2.H2S/c1-16(42)29-21-7-3-4-9-23(21)41(39-29)15-26(44)40-14-18(34)13-24(40)25(43)12-17-6-5-8-20(28(17)35)19-10-11-22-30(27(19)33)37-31(36-22)38-32(45)46-2;1-17(36)27-20-10-6-7-12-22(20)35(33-27)16-25(38)34-15-19(31)14-23(34)24(37)13-18-9-8-11-21(26(18)32)30-39-28(2,3)29(4,5)40-30;1-16-10(15)14-8-4-5-7(13-8)3-2-6(11)9(5)12;7-3-1-2-4(9)6(10)5(3)8;1-11-5(9)7-4(13-3)8-6(10)12-2;;1-3-4-2;1-3-2;1-2;/h3-11,18,24H,12-15H2,1-2H3,(H2,36,37,38,45);6-12,19,23H,13-16H2,1-5H3;2-3H,4H2,1H3,(H,13,14,15);1-2H,9-10H2;1H2,2-3H3;1H4;;;;1H2/p+1/t18-,24+;19-,23+;;;;;;;;/m11......../s1. The van der Waals surface area contributed by atoms with Crippen LogP contribution >= 0.6 is 91.9 Å². The molecule has 0 aliphatic carbocycles. The lowest BCUT2D eigenvalue weighted by atomic mass is 9.77. The minimum atomic E-state index is -1.44. The number of rotatable bonds is 15. The van der Waals surface area contributed by atoms with Gasteiger partial charge in [0.2, 0.25) is 17.8 Å². The highest BCUT2D eigenvalue weighted by Gasteiger charge is 2.53. The number of thioether (sulfide) groups is 1. The van der Waals surface area contributed by atoms with E-state index in [1.54, 1.807) is 97.3 Å². The van der Waals surface area contributed by atoms with Crippen LogP contribution < -0.4 is 32.9 Å². The predicted molar refractivity (Wildman–Crippen MR) is 557 cm³/mol. The molecule has 3 saturated heterocycles. The fourth-order valence-electron chi connectivity index (χ4n) is 13.5. The Labute approximate surface area is 860 Å². The number of anilines is 3. The van der Waals surface area contributed by atoms with Gasteiger partial charge in [0.25, 0.3) is 0 Å². The van der Waals surface area contributed by atoms with E-state index in [0.29, 0.717) is 66.6 Å². The maximum Gasteiger partial charge on any atom is 0.696 e. The third-order valence-corrected chi connectivity index (χ3v) is 26.2. The number of aliphatic imine (C=N–C) groups is 2. The average Bonchev–Trinajstić information content (AvgIpc) is 1.60. The van der Waals surface area contributed by atoms with E-state index in [4.69, 9.17) is 55.6 Å². The van der Waals surface area contributed by atoms with Crippen molar-refractivity contribution in [2.75, 3.05) is 57.5 Å². The third-order valence-electron chi connectivity index (χ3n) is 20.4. The number of halogens is 9. The van der Waals surface area contributed by atoms with E-state index in [1.165, 1.54) is 90.3 Å². The minimum Gasteiger partial charge on any atom is -0.453 e. The number of amidine groups is 2. The number of nitrogen functional groups attached to an aromatic ring is 2. The van der Waals surface area contributed by atoms with Crippen LogP contribution in [0, 0.1) is 11.6 Å². The molecular weight excluding hydrogens is 2180 g/mol. The quantitative estimate of drug-likeness (QED) is 0.00811. The molecule has 3 aromatic heterocycles. The van der Waals surface area contributed by atoms with Gasteiger partial charge in [-0.2, -0.15) is 28.7 Å². The number of likely N-dealkylation sites (tertiary alicyclic amines) is 2. The number of methoxy groups -OCH3 is 3. The summed E-state index contributed by atoms with van der Waals surface area (Å²) in [5.74, 6) is -3.25. The highest BCUT2D eigenvalue weighted by atomic mass is 79.9. The second-order valence-corrected chi connectivity index (χ2v) is 38.3. The molecule has 0 unspecified atom stereocenters. The predicted octanol–water partition coefficient (Wildman–Crippen LogP) is 15.5. The lowest BCUT2D eigenvalue weighted by Crippen LogP contribution is -2.43. The number of aromatic nitrogens is 6. The van der Waals surface area contributed by atoms with Crippen molar-refractivity contribution in [2.45, 2.75) is 130 Å². The fraction of sp³-hybridized carbons (Fsp3) is 0.310. The van der Waals surface area contributed by atoms with E-state index in [1.807, 2.05) is 39.8 Å². The Morgan fingerprint density at radius 1 is 0.662 bits per heavy atom. The van der Waals surface area contributed by atoms with Crippen LogP contribution in [-0.4, -0.2) is 200 Å². The first-order chi connectivity index (χ1) is 63.5. The number of fused-ring (bicyclic) bond motifs is 4. The number of benzene rings is 7. The molecule has 6 amide bonds. The Kier molecular flexibility index (Phi) is 47.5. The van der Waals surface area contributed by atoms with E-state index in [2.05, 4.69) is 171 Å². The van der Waals surface area contributed by atoms with Gasteiger partial charge in [-0.25, -0.2) is 47.2 Å². The van der Waals surface area contributed by atoms with Gasteiger partial charge in [0, 0.05) is 182 Å². The molecule has 31 nitrogen and oxygen atoms in total. The molecule has 136 heavy (non-hydrogen) atoms. The molecular formula is C84H88BBr2Cl3F4N15O16S11+. The van der Waals surface area contributed by atoms with Gasteiger partial charge >= 0.3 is 31.5 Å². The third kappa shape index (κ3) is 30.7. The number of ketones is 4. The minimum absolute atomic E-state index is 0. The molecule has 4 atom stereocenters. The first-order valence-corrected chi connectivity index (χ1v) is 50.8. The summed E-state index contributed by atoms with van der Waals surface area (Å²) >= 11 is 50.3. The number of aromatic amines is 1. The van der Waals surface area contributed by atoms with Gasteiger partial charge in [0.1, 0.15) is 59.8 Å². The van der Waals surface area contributed by atoms with Crippen molar-refractivity contribution in [1.29, 1.82) is 0 Å². The molecule has 7 heterocycles. The van der Waals surface area contributed by atoms with Gasteiger partial charge in [0.15, 0.2) is 35.1 Å². The summed E-state index contributed by atoms with van der Waals surface area (Å²) in [6, 6.07) is 31.3. The highest BCUT2D eigenvalue weighted by molar-refractivity contribution is 9.11. The van der Waals surface area contributed by atoms with Crippen LogP contribution in [0.5, 0.6) is 0 Å². The van der Waals surface area contributed by atoms with Crippen molar-refractivity contribution >= 4 is 331 Å². The zero-order chi connectivity index (χ0) is 99.5. The average molecular weight is 2270 g/mol. The number of nitrogens with two attached hydrogens (primary N) is 2. The van der Waals surface area contributed by atoms with E-state index < -0.39 is 109 Å². The van der Waals surface area contributed by atoms with Crippen molar-refractivity contribution in [3.05, 3.63) is 185 Å². The number of imidazole rings is 1. The van der Waals surface area contributed by atoms with Crippen molar-refractivity contribution < 1.29 is 93.5 Å². The summed E-state index contributed by atoms with van der Waals surface area (Å²) in [6.07, 6.45) is -4.64. The van der Waals surface area contributed by atoms with Gasteiger partial charge in [-0.15, -0.1) is 0 Å². The number of alkyl carbamates (subject to hydrolysis) is 1. The van der Waals surface area contributed by atoms with Crippen molar-refractivity contribution in [3.63, 3.8) is 0 Å². The summed E-state index contributed by atoms with van der Waals surface area (Å²) in [6.45, 7) is 12.0. The normalized spacial score (nSPS) is 15.4. The Balaban J connectivity index is 0.000000324. The fourth-order valence-corrected chi connectivity index (χ4v) is 15.2. The Hall–Kier alpha value is -9.13. The number of ether oxygens (including phenoxy) is 3. The summed E-state index contributed by atoms with van der Waals surface area (Å²) in [4.78, 5) is 139. The zero-order valence-electron chi connectivity index (χ0n) is 72.7. The molecule has 3 fully saturated rings. The number of nitrogens with one attached hydrogen (secondary N) is 4. The molecule has 7 aromatic carbocycles. The summed E-state index contributed by atoms with van der Waals surface area (Å²) in [5.41, 5.74) is 15.4. The number of para-hydroxylation sites is 2. The number of hydrogen-bond acceptors (Lipinski definition) is 28. The zero-order valence-corrected chi connectivity index (χ0v) is 87.3. The Bertz CT molecular complexity index is 6310. The lowest BCUT2D eigenvalue weighted by molar-refractivity contribution is -0.331. The summed E-state index contributed by atoms with van der Waals surface area (Å²) in [7, 11) is 6.01. The smallest absolute Gasteiger partial charge is 0.453 e.